The smallest absolute Gasteiger partial charge is 0.346 e. The minimum atomic E-state index is -4.79. The first-order valence-electron chi connectivity index (χ1n) is 16.1. The number of halogens is 2. The summed E-state index contributed by atoms with van der Waals surface area (Å²) >= 11 is 6.28. The summed E-state index contributed by atoms with van der Waals surface area (Å²) in [6.07, 6.45) is 3.09. The first-order valence-corrected chi connectivity index (χ1v) is 20.1. The van der Waals surface area contributed by atoms with Gasteiger partial charge >= 0.3 is 13.6 Å². The average molecular weight is 737 g/mol. The Balaban J connectivity index is 1.30. The lowest BCUT2D eigenvalue weighted by Gasteiger charge is -2.31. The first kappa shape index (κ1) is 38.5. The molecule has 3 heterocycles. The number of aliphatic hydroxyl groups excluding tert-OH is 2. The Labute approximate surface area is 284 Å². The zero-order valence-corrected chi connectivity index (χ0v) is 29.1. The van der Waals surface area contributed by atoms with Gasteiger partial charge in [0.15, 0.2) is 26.7 Å². The van der Waals surface area contributed by atoms with Crippen molar-refractivity contribution >= 4 is 51.7 Å². The van der Waals surface area contributed by atoms with Gasteiger partial charge in [-0.3, -0.25) is 13.9 Å². The van der Waals surface area contributed by atoms with Crippen molar-refractivity contribution in [1.29, 1.82) is 5.26 Å². The van der Waals surface area contributed by atoms with Gasteiger partial charge in [-0.1, -0.05) is 63.5 Å². The van der Waals surface area contributed by atoms with Crippen LogP contribution < -0.4 is 5.32 Å². The molecule has 4 N–H and O–H groups in total. The maximum Gasteiger partial charge on any atom is 0.346 e. The van der Waals surface area contributed by atoms with Gasteiger partial charge in [-0.15, -0.1) is 0 Å². The summed E-state index contributed by atoms with van der Waals surface area (Å²) in [5, 5.41) is 34.5. The van der Waals surface area contributed by atoms with E-state index in [1.807, 2.05) is 6.07 Å². The van der Waals surface area contributed by atoms with Gasteiger partial charge < -0.3 is 34.5 Å². The van der Waals surface area contributed by atoms with Gasteiger partial charge in [0.25, 0.3) is 0 Å². The number of esters is 1. The van der Waals surface area contributed by atoms with Crippen molar-refractivity contribution in [1.82, 2.24) is 9.55 Å². The van der Waals surface area contributed by atoms with Crippen LogP contribution in [0.2, 0.25) is 5.15 Å². The third-order valence-corrected chi connectivity index (χ3v) is 13.0. The summed E-state index contributed by atoms with van der Waals surface area (Å²) in [6.45, 7) is 1.24. The van der Waals surface area contributed by atoms with Crippen molar-refractivity contribution in [2.24, 2.45) is 0 Å². The fourth-order valence-electron chi connectivity index (χ4n) is 5.80. The number of rotatable bonds is 19. The third kappa shape index (κ3) is 10.1. The van der Waals surface area contributed by atoms with Gasteiger partial charge in [-0.25, -0.2) is 17.8 Å². The molecule has 2 aromatic heterocycles. The molecule has 0 spiro atoms. The van der Waals surface area contributed by atoms with Crippen molar-refractivity contribution in [3.8, 4) is 6.07 Å². The standard InChI is InChI=1S/C30H43ClFN4O10PS/c1-2-3-4-5-6-7-8-9-10-24(37)44-17-45-47(40,41)18-48(42,43)16-23-26(38)27(39)30(46-23)36-12-11-21-25(34-20-13-19(32)14-20)22(15-33)28(31)35-29(21)36/h11-12,19-20,23,26-27,30,38-39H,2-10,13-14,16-18H2,1H3,(H,34,35)(H,40,41)/t19-,20+,23-,26-,27-,30-/m1/s1. The quantitative estimate of drug-likeness (QED) is 0.0507. The lowest BCUT2D eigenvalue weighted by atomic mass is 9.90. The Morgan fingerprint density at radius 2 is 1.88 bits per heavy atom. The lowest BCUT2D eigenvalue weighted by molar-refractivity contribution is -0.150. The Kier molecular flexibility index (Phi) is 13.7. The van der Waals surface area contributed by atoms with E-state index < -0.39 is 72.2 Å². The van der Waals surface area contributed by atoms with Crippen LogP contribution >= 0.6 is 19.2 Å². The minimum absolute atomic E-state index is 0.0371. The van der Waals surface area contributed by atoms with Crippen molar-refractivity contribution in [3.05, 3.63) is 23.0 Å². The molecule has 2 aliphatic rings. The minimum Gasteiger partial charge on any atom is -0.438 e. The summed E-state index contributed by atoms with van der Waals surface area (Å²) in [5.41, 5.74) is -0.857. The van der Waals surface area contributed by atoms with Crippen LogP contribution in [0.1, 0.15) is 89.3 Å². The molecular formula is C30H43ClFN4O10PS. The molecule has 2 fully saturated rings. The highest BCUT2D eigenvalue weighted by Gasteiger charge is 2.47. The predicted octanol–water partition coefficient (Wildman–Crippen LogP) is 4.70. The number of nitriles is 1. The van der Waals surface area contributed by atoms with Crippen molar-refractivity contribution in [3.63, 3.8) is 0 Å². The van der Waals surface area contributed by atoms with Gasteiger partial charge in [0, 0.05) is 24.0 Å². The molecule has 2 aromatic rings. The fourth-order valence-corrected chi connectivity index (χ4v) is 9.72. The van der Waals surface area contributed by atoms with E-state index in [1.54, 1.807) is 6.07 Å². The van der Waals surface area contributed by atoms with Gasteiger partial charge in [0.1, 0.15) is 41.8 Å². The van der Waals surface area contributed by atoms with E-state index >= 15 is 0 Å². The number of carbonyl (C=O) groups excluding carboxylic acids is 1. The summed E-state index contributed by atoms with van der Waals surface area (Å²) in [7, 11) is -9.22. The Hall–Kier alpha value is -2.35. The van der Waals surface area contributed by atoms with Crippen LogP contribution in [0, 0.1) is 11.3 Å². The molecule has 5 atom stereocenters. The second-order valence-corrected chi connectivity index (χ2v) is 17.1. The predicted molar refractivity (Wildman–Crippen MR) is 175 cm³/mol. The molecule has 1 saturated heterocycles. The molecule has 1 saturated carbocycles. The second-order valence-electron chi connectivity index (χ2n) is 12.3. The van der Waals surface area contributed by atoms with Crippen LogP contribution in [0.4, 0.5) is 10.1 Å². The summed E-state index contributed by atoms with van der Waals surface area (Å²) < 4.78 is 68.3. The number of fused-ring (bicyclic) bond motifs is 1. The van der Waals surface area contributed by atoms with Crippen LogP contribution in [0.25, 0.3) is 11.0 Å². The maximum absolute atomic E-state index is 13.4. The van der Waals surface area contributed by atoms with E-state index in [-0.39, 0.29) is 41.7 Å². The lowest BCUT2D eigenvalue weighted by Crippen LogP contribution is -2.36. The third-order valence-electron chi connectivity index (χ3n) is 8.46. The highest BCUT2D eigenvalue weighted by molar-refractivity contribution is 7.97. The topological polar surface area (TPSA) is 210 Å². The molecule has 268 valence electrons. The number of nitrogens with one attached hydrogen (secondary N) is 1. The highest BCUT2D eigenvalue weighted by atomic mass is 35.5. The van der Waals surface area contributed by atoms with Crippen molar-refractivity contribution < 1.29 is 51.3 Å². The molecule has 4 rings (SSSR count). The zero-order valence-electron chi connectivity index (χ0n) is 26.7. The number of hydrogen-bond acceptors (Lipinski definition) is 12. The van der Waals surface area contributed by atoms with Crippen molar-refractivity contribution in [2.75, 3.05) is 23.4 Å². The van der Waals surface area contributed by atoms with Gasteiger partial charge in [-0.05, 0) is 25.3 Å². The summed E-state index contributed by atoms with van der Waals surface area (Å²) in [5.74, 6) is -1.58. The SMILES string of the molecule is CCCCCCCCCCC(=O)OCOP(=O)(O)CS(=O)(=O)C[C@H]1O[C@@H](n2ccc3c(N[C@H]4C[C@@H](F)C4)c(C#N)c(Cl)nc32)[C@H](O)[C@@H]1O. The van der Waals surface area contributed by atoms with Gasteiger partial charge in [0.05, 0.1) is 11.4 Å². The highest BCUT2D eigenvalue weighted by Crippen LogP contribution is 2.44. The van der Waals surface area contributed by atoms with E-state index in [1.165, 1.54) is 30.0 Å². The largest absolute Gasteiger partial charge is 0.438 e. The normalized spacial score (nSPS) is 25.4. The number of hydrogen-bond donors (Lipinski definition) is 4. The number of alkyl halides is 1. The number of sulfone groups is 1. The molecule has 48 heavy (non-hydrogen) atoms. The van der Waals surface area contributed by atoms with Crippen LogP contribution in [-0.2, 0) is 33.2 Å². The zero-order chi connectivity index (χ0) is 35.1. The number of pyridine rings is 1. The Morgan fingerprint density at radius 3 is 2.52 bits per heavy atom. The van der Waals surface area contributed by atoms with E-state index in [0.717, 1.165) is 25.7 Å². The Bertz CT molecular complexity index is 1620. The molecule has 0 bridgehead atoms. The van der Waals surface area contributed by atoms with Crippen LogP contribution in [0.5, 0.6) is 0 Å². The molecule has 18 heteroatoms. The number of aliphatic hydroxyl groups is 2. The van der Waals surface area contributed by atoms with E-state index in [9.17, 15) is 42.5 Å². The van der Waals surface area contributed by atoms with E-state index in [0.29, 0.717) is 17.5 Å². The monoisotopic (exact) mass is 736 g/mol. The number of carbonyl (C=O) groups is 1. The number of nitrogens with zero attached hydrogens (tertiary/aromatic N) is 3. The summed E-state index contributed by atoms with van der Waals surface area (Å²) in [4.78, 5) is 26.3. The number of aromatic nitrogens is 2. The average Bonchev–Trinajstić information content (AvgIpc) is 3.52. The number of unbranched alkanes of at least 4 members (excludes halogenated alkanes) is 7. The molecular weight excluding hydrogens is 694 g/mol. The molecule has 14 nitrogen and oxygen atoms in total. The molecule has 0 aromatic carbocycles. The first-order chi connectivity index (χ1) is 22.7. The van der Waals surface area contributed by atoms with E-state index in [2.05, 4.69) is 17.2 Å². The number of anilines is 1. The van der Waals surface area contributed by atoms with Gasteiger partial charge in [0.2, 0.25) is 6.79 Å². The summed E-state index contributed by atoms with van der Waals surface area (Å²) in [6, 6.07) is 3.30. The van der Waals surface area contributed by atoms with Gasteiger partial charge in [-0.2, -0.15) is 5.26 Å². The van der Waals surface area contributed by atoms with Crippen molar-refractivity contribution in [2.45, 2.75) is 114 Å². The fraction of sp³-hybridized carbons (Fsp3) is 0.700. The van der Waals surface area contributed by atoms with Crippen LogP contribution in [-0.4, -0.2) is 87.6 Å². The molecule has 0 radical (unpaired) electrons. The Morgan fingerprint density at radius 1 is 1.21 bits per heavy atom. The molecule has 0 amide bonds. The number of ether oxygens (including phenoxy) is 2. The van der Waals surface area contributed by atoms with Crippen LogP contribution in [0.3, 0.4) is 0 Å². The van der Waals surface area contributed by atoms with Crippen LogP contribution in [0.15, 0.2) is 12.3 Å². The second kappa shape index (κ2) is 17.0. The molecule has 1 unspecified atom stereocenters. The molecule has 1 aliphatic carbocycles. The van der Waals surface area contributed by atoms with E-state index in [4.69, 9.17) is 25.6 Å². The maximum atomic E-state index is 13.4. The molecule has 1 aliphatic heterocycles.